The molecule has 25 heavy (non-hydrogen) atoms. The molecule has 0 atom stereocenters. The molecule has 0 bridgehead atoms. The summed E-state index contributed by atoms with van der Waals surface area (Å²) in [5.74, 6) is 0. The van der Waals surface area contributed by atoms with Crippen molar-refractivity contribution < 1.29 is 8.42 Å². The summed E-state index contributed by atoms with van der Waals surface area (Å²) in [5.41, 5.74) is 5.08. The summed E-state index contributed by atoms with van der Waals surface area (Å²) < 4.78 is 27.3. The van der Waals surface area contributed by atoms with E-state index in [0.717, 1.165) is 11.1 Å². The molecule has 132 valence electrons. The van der Waals surface area contributed by atoms with E-state index in [-0.39, 0.29) is 11.4 Å². The molecule has 0 aliphatic rings. The van der Waals surface area contributed by atoms with E-state index in [1.807, 2.05) is 37.3 Å². The highest BCUT2D eigenvalue weighted by atomic mass is 32.2. The number of nitrogens with one attached hydrogen (secondary N) is 3. The number of thiocarbonyl (C=S) groups is 1. The van der Waals surface area contributed by atoms with Crippen molar-refractivity contribution in [3.63, 3.8) is 0 Å². The molecule has 2 rings (SSSR count). The fourth-order valence-corrected chi connectivity index (χ4v) is 3.05. The van der Waals surface area contributed by atoms with Crippen LogP contribution in [0.2, 0.25) is 0 Å². The van der Waals surface area contributed by atoms with E-state index in [1.165, 1.54) is 0 Å². The third-order valence-electron chi connectivity index (χ3n) is 3.44. The normalized spacial score (nSPS) is 11.8. The lowest BCUT2D eigenvalue weighted by atomic mass is 10.1. The minimum atomic E-state index is -3.57. The number of nitrogens with zero attached hydrogens (tertiary/aromatic N) is 1. The Morgan fingerprint density at radius 1 is 1.08 bits per heavy atom. The molecular weight excluding hydrogens is 356 g/mol. The predicted octanol–water partition coefficient (Wildman–Crippen LogP) is 1.98. The monoisotopic (exact) mass is 376 g/mol. The van der Waals surface area contributed by atoms with Gasteiger partial charge in [-0.3, -0.25) is 5.43 Å². The van der Waals surface area contributed by atoms with Gasteiger partial charge in [0.1, 0.15) is 0 Å². The maximum atomic E-state index is 12.4. The Morgan fingerprint density at radius 3 is 2.32 bits per heavy atom. The molecule has 2 aromatic carbocycles. The van der Waals surface area contributed by atoms with Gasteiger partial charge in [0.05, 0.1) is 10.6 Å². The first-order valence-corrected chi connectivity index (χ1v) is 9.47. The molecule has 0 saturated carbocycles. The minimum absolute atomic E-state index is 0.207. The molecule has 0 unspecified atom stereocenters. The second-order valence-electron chi connectivity index (χ2n) is 5.22. The molecule has 0 aromatic heterocycles. The Balaban J connectivity index is 2.06. The van der Waals surface area contributed by atoms with Gasteiger partial charge in [-0.1, -0.05) is 42.5 Å². The summed E-state index contributed by atoms with van der Waals surface area (Å²) in [6.07, 6.45) is 0. The van der Waals surface area contributed by atoms with Gasteiger partial charge in [-0.2, -0.15) is 5.10 Å². The first kappa shape index (κ1) is 19.0. The van der Waals surface area contributed by atoms with Crippen LogP contribution < -0.4 is 15.5 Å². The van der Waals surface area contributed by atoms with Crippen LogP contribution in [0.15, 0.2) is 64.6 Å². The van der Waals surface area contributed by atoms with Crippen molar-refractivity contribution >= 4 is 33.1 Å². The van der Waals surface area contributed by atoms with Gasteiger partial charge in [-0.05, 0) is 42.4 Å². The van der Waals surface area contributed by atoms with Gasteiger partial charge in [0.25, 0.3) is 0 Å². The van der Waals surface area contributed by atoms with Crippen LogP contribution in [0.1, 0.15) is 18.1 Å². The SMILES string of the molecule is CNC(=S)N/N=C(\C)c1ccc(S(=O)(=O)NCc2ccccc2)cc1. The number of hydrazone groups is 1. The van der Waals surface area contributed by atoms with Gasteiger partial charge >= 0.3 is 0 Å². The number of benzene rings is 2. The molecule has 0 amide bonds. The summed E-state index contributed by atoms with van der Waals surface area (Å²) in [7, 11) is -1.87. The van der Waals surface area contributed by atoms with Crippen molar-refractivity contribution in [1.82, 2.24) is 15.5 Å². The summed E-state index contributed by atoms with van der Waals surface area (Å²) in [5, 5.41) is 7.29. The molecule has 8 heteroatoms. The highest BCUT2D eigenvalue weighted by molar-refractivity contribution is 7.89. The van der Waals surface area contributed by atoms with Crippen molar-refractivity contribution in [3.8, 4) is 0 Å². The number of sulfonamides is 1. The average Bonchev–Trinajstić information content (AvgIpc) is 2.65. The van der Waals surface area contributed by atoms with Crippen LogP contribution in [0.5, 0.6) is 0 Å². The van der Waals surface area contributed by atoms with E-state index >= 15 is 0 Å². The first-order valence-electron chi connectivity index (χ1n) is 7.58. The fourth-order valence-electron chi connectivity index (χ4n) is 1.99. The molecular formula is C17H20N4O2S2. The number of hydrogen-bond acceptors (Lipinski definition) is 4. The maximum Gasteiger partial charge on any atom is 0.240 e. The second kappa shape index (κ2) is 8.70. The molecule has 2 aromatic rings. The lowest BCUT2D eigenvalue weighted by Crippen LogP contribution is -2.29. The van der Waals surface area contributed by atoms with E-state index in [1.54, 1.807) is 31.3 Å². The molecule has 0 heterocycles. The highest BCUT2D eigenvalue weighted by Gasteiger charge is 2.13. The van der Waals surface area contributed by atoms with Gasteiger partial charge in [-0.15, -0.1) is 0 Å². The van der Waals surface area contributed by atoms with Gasteiger partial charge in [0, 0.05) is 13.6 Å². The quantitative estimate of drug-likeness (QED) is 0.408. The van der Waals surface area contributed by atoms with Crippen LogP contribution in [0.4, 0.5) is 0 Å². The lowest BCUT2D eigenvalue weighted by molar-refractivity contribution is 0.581. The molecule has 0 spiro atoms. The summed E-state index contributed by atoms with van der Waals surface area (Å²) in [4.78, 5) is 0.207. The van der Waals surface area contributed by atoms with Crippen molar-refractivity contribution in [2.24, 2.45) is 5.10 Å². The molecule has 3 N–H and O–H groups in total. The van der Waals surface area contributed by atoms with E-state index < -0.39 is 10.0 Å². The third kappa shape index (κ3) is 5.63. The van der Waals surface area contributed by atoms with Gasteiger partial charge in [0.2, 0.25) is 10.0 Å². The van der Waals surface area contributed by atoms with Gasteiger partial charge in [0.15, 0.2) is 5.11 Å². The number of hydrogen-bond donors (Lipinski definition) is 3. The molecule has 6 nitrogen and oxygen atoms in total. The Bertz CT molecular complexity index is 848. The second-order valence-corrected chi connectivity index (χ2v) is 7.40. The molecule has 0 aliphatic carbocycles. The largest absolute Gasteiger partial charge is 0.364 e. The highest BCUT2D eigenvalue weighted by Crippen LogP contribution is 2.12. The standard InChI is InChI=1S/C17H20N4O2S2/c1-13(20-21-17(24)18-2)15-8-10-16(11-9-15)25(22,23)19-12-14-6-4-3-5-7-14/h3-11,19H,12H2,1-2H3,(H2,18,21,24)/b20-13+. The van der Waals surface area contributed by atoms with Crippen LogP contribution in [0, 0.1) is 0 Å². The zero-order valence-electron chi connectivity index (χ0n) is 14.0. The maximum absolute atomic E-state index is 12.4. The van der Waals surface area contributed by atoms with Crippen LogP contribution in [0.3, 0.4) is 0 Å². The van der Waals surface area contributed by atoms with Crippen LogP contribution >= 0.6 is 12.2 Å². The van der Waals surface area contributed by atoms with Crippen molar-refractivity contribution in [2.75, 3.05) is 7.05 Å². The minimum Gasteiger partial charge on any atom is -0.364 e. The van der Waals surface area contributed by atoms with Crippen LogP contribution in [-0.2, 0) is 16.6 Å². The van der Waals surface area contributed by atoms with Crippen molar-refractivity contribution in [1.29, 1.82) is 0 Å². The Hall–Kier alpha value is -2.29. The van der Waals surface area contributed by atoms with Crippen molar-refractivity contribution in [3.05, 3.63) is 65.7 Å². The zero-order chi connectivity index (χ0) is 18.3. The Kier molecular flexibility index (Phi) is 6.63. The lowest BCUT2D eigenvalue weighted by Gasteiger charge is -2.08. The van der Waals surface area contributed by atoms with Crippen molar-refractivity contribution in [2.45, 2.75) is 18.4 Å². The van der Waals surface area contributed by atoms with E-state index in [9.17, 15) is 8.42 Å². The fraction of sp³-hybridized carbons (Fsp3) is 0.176. The molecule has 0 fully saturated rings. The number of rotatable bonds is 6. The summed E-state index contributed by atoms with van der Waals surface area (Å²) in [6.45, 7) is 2.05. The summed E-state index contributed by atoms with van der Waals surface area (Å²) >= 11 is 4.95. The molecule has 0 saturated heterocycles. The van der Waals surface area contributed by atoms with Gasteiger partial charge in [-0.25, -0.2) is 13.1 Å². The third-order valence-corrected chi connectivity index (χ3v) is 5.16. The van der Waals surface area contributed by atoms with E-state index in [2.05, 4.69) is 20.6 Å². The van der Waals surface area contributed by atoms with E-state index in [4.69, 9.17) is 12.2 Å². The van der Waals surface area contributed by atoms with E-state index in [0.29, 0.717) is 10.8 Å². The topological polar surface area (TPSA) is 82.6 Å². The molecule has 0 radical (unpaired) electrons. The Labute approximate surface area is 153 Å². The Morgan fingerprint density at radius 2 is 1.72 bits per heavy atom. The predicted molar refractivity (Wildman–Crippen MR) is 104 cm³/mol. The average molecular weight is 377 g/mol. The van der Waals surface area contributed by atoms with Gasteiger partial charge < -0.3 is 5.32 Å². The first-order chi connectivity index (χ1) is 11.9. The van der Waals surface area contributed by atoms with Crippen LogP contribution in [0.25, 0.3) is 0 Å². The zero-order valence-corrected chi connectivity index (χ0v) is 15.6. The van der Waals surface area contributed by atoms with Crippen LogP contribution in [-0.4, -0.2) is 26.3 Å². The summed E-state index contributed by atoms with van der Waals surface area (Å²) in [6, 6.07) is 15.9. The molecule has 0 aliphatic heterocycles. The smallest absolute Gasteiger partial charge is 0.240 e.